The van der Waals surface area contributed by atoms with Crippen molar-refractivity contribution in [2.45, 2.75) is 31.5 Å². The van der Waals surface area contributed by atoms with Crippen LogP contribution in [0.15, 0.2) is 36.9 Å². The van der Waals surface area contributed by atoms with E-state index in [0.29, 0.717) is 21.4 Å². The highest BCUT2D eigenvalue weighted by Gasteiger charge is 2.38. The largest absolute Gasteiger partial charge is 0.479 e. The second-order valence-corrected chi connectivity index (χ2v) is 8.59. The Labute approximate surface area is 188 Å². The Morgan fingerprint density at radius 1 is 1.42 bits per heavy atom. The van der Waals surface area contributed by atoms with Gasteiger partial charge < -0.3 is 19.3 Å². The van der Waals surface area contributed by atoms with Crippen molar-refractivity contribution in [3.8, 4) is 5.69 Å². The van der Waals surface area contributed by atoms with E-state index in [1.165, 1.54) is 0 Å². The quantitative estimate of drug-likeness (QED) is 0.550. The lowest BCUT2D eigenvalue weighted by atomic mass is 10.00. The fraction of sp³-hybridized carbons (Fsp3) is 0.381. The summed E-state index contributed by atoms with van der Waals surface area (Å²) < 4.78 is 20.7. The first-order valence-corrected chi connectivity index (χ1v) is 10.5. The molecule has 1 aliphatic rings. The summed E-state index contributed by atoms with van der Waals surface area (Å²) in [5.41, 5.74) is 0.942. The molecular formula is C21H21Cl2FN4O3. The Morgan fingerprint density at radius 2 is 2.23 bits per heavy atom. The Morgan fingerprint density at radius 3 is 2.94 bits per heavy atom. The number of hydrogen-bond donors (Lipinski definition) is 1. The van der Waals surface area contributed by atoms with E-state index in [4.69, 9.17) is 38.0 Å². The topological polar surface area (TPSA) is 80.5 Å². The smallest absolute Gasteiger partial charge is 0.340 e. The number of carboxylic acid groups (broad SMARTS) is 1. The van der Waals surface area contributed by atoms with Crippen LogP contribution in [-0.4, -0.2) is 57.1 Å². The molecule has 1 saturated heterocycles. The predicted octanol–water partition coefficient (Wildman–Crippen LogP) is 4.53. The normalized spacial score (nSPS) is 19.8. The minimum absolute atomic E-state index is 0.171. The predicted molar refractivity (Wildman–Crippen MR) is 117 cm³/mol. The lowest BCUT2D eigenvalue weighted by Crippen LogP contribution is -2.46. The molecule has 3 aromatic rings. The fourth-order valence-corrected chi connectivity index (χ4v) is 4.33. The van der Waals surface area contributed by atoms with Gasteiger partial charge >= 0.3 is 5.97 Å². The van der Waals surface area contributed by atoms with Crippen molar-refractivity contribution in [1.29, 1.82) is 0 Å². The highest BCUT2D eigenvalue weighted by Crippen LogP contribution is 2.39. The first-order chi connectivity index (χ1) is 14.8. The van der Waals surface area contributed by atoms with Crippen molar-refractivity contribution >= 4 is 45.9 Å². The number of alkyl halides is 1. The van der Waals surface area contributed by atoms with Gasteiger partial charge in [0.25, 0.3) is 0 Å². The molecule has 31 heavy (non-hydrogen) atoms. The lowest BCUT2D eigenvalue weighted by molar-refractivity contribution is -0.145. The van der Waals surface area contributed by atoms with E-state index in [2.05, 4.69) is 9.88 Å². The van der Waals surface area contributed by atoms with E-state index in [0.717, 1.165) is 30.5 Å². The molecule has 1 aromatic carbocycles. The molecule has 1 N–H and O–H groups in total. The number of nitrogens with zero attached hydrogens (tertiary/aromatic N) is 4. The second-order valence-electron chi connectivity index (χ2n) is 7.80. The number of aliphatic carboxylic acids is 1. The number of anilines is 1. The zero-order chi connectivity index (χ0) is 22.2. The molecule has 0 bridgehead atoms. The summed E-state index contributed by atoms with van der Waals surface area (Å²) >= 11 is 12.7. The molecule has 0 aliphatic carbocycles. The molecule has 10 heteroatoms. The van der Waals surface area contributed by atoms with Gasteiger partial charge in [0.2, 0.25) is 6.17 Å². The van der Waals surface area contributed by atoms with E-state index in [9.17, 15) is 9.18 Å². The number of carboxylic acids is 1. The third-order valence-electron chi connectivity index (χ3n) is 5.59. The molecule has 2 aromatic heterocycles. The number of carbonyl (C=O) groups is 1. The minimum atomic E-state index is -2.05. The van der Waals surface area contributed by atoms with Crippen LogP contribution in [0.4, 0.5) is 10.2 Å². The maximum atomic E-state index is 13.4. The van der Waals surface area contributed by atoms with Gasteiger partial charge in [-0.3, -0.25) is 0 Å². The number of pyridine rings is 1. The molecule has 4 rings (SSSR count). The minimum Gasteiger partial charge on any atom is -0.479 e. The zero-order valence-electron chi connectivity index (χ0n) is 16.8. The first-order valence-electron chi connectivity index (χ1n) is 9.79. The number of benzene rings is 1. The van der Waals surface area contributed by atoms with Crippen LogP contribution >= 0.6 is 23.2 Å². The third-order valence-corrected chi connectivity index (χ3v) is 6.38. The van der Waals surface area contributed by atoms with E-state index >= 15 is 0 Å². The summed E-state index contributed by atoms with van der Waals surface area (Å²) in [5, 5.41) is 10.3. The van der Waals surface area contributed by atoms with Gasteiger partial charge in [-0.15, -0.1) is 0 Å². The van der Waals surface area contributed by atoms with Gasteiger partial charge in [-0.1, -0.05) is 23.2 Å². The standard InChI is InChI=1S/C21H21Cl2FN4O3/c1-21(11-31-10-15(24)20(29)30)5-2-7-28(21)17-9-16(27-8-6-25-12-27)13-3-4-14(22)18(23)19(13)26-17/h3-4,6,8-9,12,15H,2,5,7,10-11H2,1H3,(H,29,30)/t15?,21-/m0/s1. The van der Waals surface area contributed by atoms with Gasteiger partial charge in [0.05, 0.1) is 46.3 Å². The number of fused-ring (bicyclic) bond motifs is 1. The number of hydrogen-bond acceptors (Lipinski definition) is 5. The average Bonchev–Trinajstić information content (AvgIpc) is 3.40. The van der Waals surface area contributed by atoms with Gasteiger partial charge in [-0.05, 0) is 31.9 Å². The molecule has 2 atom stereocenters. The van der Waals surface area contributed by atoms with Crippen molar-refractivity contribution in [1.82, 2.24) is 14.5 Å². The van der Waals surface area contributed by atoms with E-state index in [1.807, 2.05) is 29.8 Å². The van der Waals surface area contributed by atoms with Gasteiger partial charge in [0, 0.05) is 30.4 Å². The molecule has 164 valence electrons. The highest BCUT2D eigenvalue weighted by atomic mass is 35.5. The summed E-state index contributed by atoms with van der Waals surface area (Å²) in [5.74, 6) is -0.847. The Kier molecular flexibility index (Phi) is 6.05. The van der Waals surface area contributed by atoms with Crippen molar-refractivity contribution in [2.75, 3.05) is 24.7 Å². The number of imidazole rings is 1. The lowest BCUT2D eigenvalue weighted by Gasteiger charge is -2.36. The number of halogens is 3. The zero-order valence-corrected chi connectivity index (χ0v) is 18.3. The molecule has 0 saturated carbocycles. The molecule has 3 heterocycles. The molecule has 1 fully saturated rings. The van der Waals surface area contributed by atoms with Crippen LogP contribution in [0.3, 0.4) is 0 Å². The second kappa shape index (κ2) is 8.61. The maximum absolute atomic E-state index is 13.4. The summed E-state index contributed by atoms with van der Waals surface area (Å²) in [6.07, 6.45) is 4.85. The van der Waals surface area contributed by atoms with Crippen LogP contribution in [0.1, 0.15) is 19.8 Å². The van der Waals surface area contributed by atoms with Crippen LogP contribution in [0.2, 0.25) is 10.0 Å². The van der Waals surface area contributed by atoms with E-state index in [-0.39, 0.29) is 6.61 Å². The van der Waals surface area contributed by atoms with Gasteiger partial charge in [0.1, 0.15) is 5.82 Å². The van der Waals surface area contributed by atoms with E-state index < -0.39 is 24.3 Å². The monoisotopic (exact) mass is 466 g/mol. The maximum Gasteiger partial charge on any atom is 0.340 e. The van der Waals surface area contributed by atoms with Crippen LogP contribution < -0.4 is 4.90 Å². The van der Waals surface area contributed by atoms with Crippen molar-refractivity contribution in [3.63, 3.8) is 0 Å². The van der Waals surface area contributed by atoms with Gasteiger partial charge in [0.15, 0.2) is 0 Å². The van der Waals surface area contributed by atoms with Crippen molar-refractivity contribution in [3.05, 3.63) is 47.0 Å². The summed E-state index contributed by atoms with van der Waals surface area (Å²) in [6, 6.07) is 5.56. The fourth-order valence-electron chi connectivity index (χ4n) is 3.97. The Hall–Kier alpha value is -2.42. The Bertz CT molecular complexity index is 1110. The average molecular weight is 467 g/mol. The molecule has 1 aliphatic heterocycles. The van der Waals surface area contributed by atoms with Crippen LogP contribution in [0, 0.1) is 0 Å². The van der Waals surface area contributed by atoms with Crippen LogP contribution in [-0.2, 0) is 9.53 Å². The molecular weight excluding hydrogens is 446 g/mol. The number of rotatable bonds is 7. The van der Waals surface area contributed by atoms with E-state index in [1.54, 1.807) is 18.6 Å². The molecule has 0 radical (unpaired) electrons. The summed E-state index contributed by atoms with van der Waals surface area (Å²) in [4.78, 5) is 21.8. The third kappa shape index (κ3) is 4.20. The summed E-state index contributed by atoms with van der Waals surface area (Å²) in [7, 11) is 0. The SMILES string of the molecule is C[C@@]1(COCC(F)C(=O)O)CCCN1c1cc(-n2ccnc2)c2ccc(Cl)c(Cl)c2n1. The van der Waals surface area contributed by atoms with Gasteiger partial charge in [-0.25, -0.2) is 19.2 Å². The van der Waals surface area contributed by atoms with Crippen molar-refractivity contribution < 1.29 is 19.0 Å². The van der Waals surface area contributed by atoms with Crippen LogP contribution in [0.5, 0.6) is 0 Å². The first kappa shape index (κ1) is 21.8. The molecule has 7 nitrogen and oxygen atoms in total. The Balaban J connectivity index is 1.73. The van der Waals surface area contributed by atoms with Crippen LogP contribution in [0.25, 0.3) is 16.6 Å². The van der Waals surface area contributed by atoms with Gasteiger partial charge in [-0.2, -0.15) is 0 Å². The molecule has 0 amide bonds. The number of aromatic nitrogens is 3. The molecule has 1 unspecified atom stereocenters. The highest BCUT2D eigenvalue weighted by molar-refractivity contribution is 6.45. The number of ether oxygens (including phenoxy) is 1. The summed E-state index contributed by atoms with van der Waals surface area (Å²) in [6.45, 7) is 2.39. The molecule has 0 spiro atoms. The van der Waals surface area contributed by atoms with Crippen molar-refractivity contribution in [2.24, 2.45) is 0 Å².